The van der Waals surface area contributed by atoms with Crippen LogP contribution in [0, 0.1) is 0 Å². The lowest BCUT2D eigenvalue weighted by Crippen LogP contribution is -2.61. The van der Waals surface area contributed by atoms with Gasteiger partial charge < -0.3 is 33.0 Å². The molecule has 3 aromatic rings. The Balaban J connectivity index is 1.74. The summed E-state index contributed by atoms with van der Waals surface area (Å²) in [5, 5.41) is 0.517. The number of carbonyl (C=O) groups excluding carboxylic acids is 4. The maximum absolute atomic E-state index is 12.3. The normalized spacial score (nSPS) is 20.9. The van der Waals surface area contributed by atoms with Crippen molar-refractivity contribution in [3.05, 3.63) is 54.1 Å². The van der Waals surface area contributed by atoms with Crippen molar-refractivity contribution in [3.63, 3.8) is 0 Å². The lowest BCUT2D eigenvalue weighted by Gasteiger charge is -2.44. The van der Waals surface area contributed by atoms with E-state index in [1.54, 1.807) is 0 Å². The number of ether oxygens (including phenoxy) is 6. The Morgan fingerprint density at radius 3 is 2.17 bits per heavy atom. The predicted octanol–water partition coefficient (Wildman–Crippen LogP) is 4.83. The zero-order chi connectivity index (χ0) is 33.2. The molecule has 4 rings (SSSR count). The standard InChI is InChI=1S/C33H40N2O10S/c1-6-7-12-17-40-27-16-11-8-13-24(27)18-35-26-15-10-9-14-25(26)34-33(35)46-32-31(44-23(5)39)30(43-22(4)38)29(42-21(3)37)28(45-32)19-41-20(2)36/h8-11,13-16,28-32H,6-7,12,17-19H2,1-5H3. The summed E-state index contributed by atoms with van der Waals surface area (Å²) in [6, 6.07) is 15.4. The van der Waals surface area contributed by atoms with Gasteiger partial charge in [0.05, 0.1) is 24.2 Å². The second kappa shape index (κ2) is 16.5. The summed E-state index contributed by atoms with van der Waals surface area (Å²) in [5.41, 5.74) is 1.48. The molecule has 1 saturated heterocycles. The second-order valence-electron chi connectivity index (χ2n) is 10.8. The minimum Gasteiger partial charge on any atom is -0.493 e. The van der Waals surface area contributed by atoms with E-state index in [2.05, 4.69) is 6.92 Å². The van der Waals surface area contributed by atoms with E-state index < -0.39 is 53.7 Å². The molecule has 2 heterocycles. The van der Waals surface area contributed by atoms with Crippen molar-refractivity contribution in [3.8, 4) is 5.75 Å². The molecule has 0 spiro atoms. The van der Waals surface area contributed by atoms with Crippen molar-refractivity contribution in [2.45, 2.75) is 95.4 Å². The largest absolute Gasteiger partial charge is 0.493 e. The maximum Gasteiger partial charge on any atom is 0.303 e. The summed E-state index contributed by atoms with van der Waals surface area (Å²) in [6.07, 6.45) is -1.67. The van der Waals surface area contributed by atoms with Gasteiger partial charge in [0.2, 0.25) is 0 Å². The lowest BCUT2D eigenvalue weighted by atomic mass is 9.99. The Kier molecular flexibility index (Phi) is 12.4. The van der Waals surface area contributed by atoms with Crippen LogP contribution in [0.2, 0.25) is 0 Å². The summed E-state index contributed by atoms with van der Waals surface area (Å²) < 4.78 is 36.5. The van der Waals surface area contributed by atoms with Gasteiger partial charge >= 0.3 is 23.9 Å². The molecule has 0 aliphatic carbocycles. The van der Waals surface area contributed by atoms with Crippen molar-refractivity contribution in [1.29, 1.82) is 0 Å². The summed E-state index contributed by atoms with van der Waals surface area (Å²) in [5.74, 6) is -1.88. The first-order valence-corrected chi connectivity index (χ1v) is 16.1. The number of carbonyl (C=O) groups is 4. The highest BCUT2D eigenvalue weighted by Crippen LogP contribution is 2.39. The Hall–Kier alpha value is -4.10. The number of aromatic nitrogens is 2. The Morgan fingerprint density at radius 1 is 0.826 bits per heavy atom. The maximum atomic E-state index is 12.3. The third kappa shape index (κ3) is 9.23. The first-order chi connectivity index (χ1) is 22.1. The Labute approximate surface area is 272 Å². The van der Waals surface area contributed by atoms with Crippen molar-refractivity contribution in [1.82, 2.24) is 9.55 Å². The number of esters is 4. The predicted molar refractivity (Wildman–Crippen MR) is 168 cm³/mol. The minimum atomic E-state index is -1.27. The zero-order valence-electron chi connectivity index (χ0n) is 26.6. The van der Waals surface area contributed by atoms with E-state index in [9.17, 15) is 19.2 Å². The lowest BCUT2D eigenvalue weighted by molar-refractivity contribution is -0.237. The van der Waals surface area contributed by atoms with Crippen molar-refractivity contribution in [2.24, 2.45) is 0 Å². The SMILES string of the molecule is CCCCCOc1ccccc1Cn1c(SC2OC(COC(C)=O)C(OC(C)=O)C(OC(C)=O)C2OC(C)=O)nc2ccccc21. The van der Waals surface area contributed by atoms with Gasteiger partial charge in [0, 0.05) is 33.3 Å². The number of para-hydroxylation sites is 3. The second-order valence-corrected chi connectivity index (χ2v) is 11.9. The van der Waals surface area contributed by atoms with Crippen LogP contribution in [0.25, 0.3) is 11.0 Å². The number of rotatable bonds is 14. The number of hydrogen-bond donors (Lipinski definition) is 0. The summed E-state index contributed by atoms with van der Waals surface area (Å²) in [7, 11) is 0. The average Bonchev–Trinajstić information content (AvgIpc) is 3.34. The van der Waals surface area contributed by atoms with Gasteiger partial charge in [-0.2, -0.15) is 0 Å². The molecule has 0 radical (unpaired) electrons. The molecule has 1 aliphatic rings. The number of thioether (sulfide) groups is 1. The van der Waals surface area contributed by atoms with Crippen molar-refractivity contribution < 1.29 is 47.6 Å². The fraction of sp³-hybridized carbons (Fsp3) is 0.485. The van der Waals surface area contributed by atoms with Crippen LogP contribution in [0.3, 0.4) is 0 Å². The molecule has 1 aliphatic heterocycles. The van der Waals surface area contributed by atoms with Crippen LogP contribution < -0.4 is 4.74 Å². The van der Waals surface area contributed by atoms with Gasteiger partial charge in [-0.15, -0.1) is 0 Å². The molecule has 5 unspecified atom stereocenters. The Bertz CT molecular complexity index is 1530. The first kappa shape index (κ1) is 34.8. The van der Waals surface area contributed by atoms with E-state index in [1.165, 1.54) is 27.7 Å². The molecule has 46 heavy (non-hydrogen) atoms. The van der Waals surface area contributed by atoms with Crippen LogP contribution in [0.1, 0.15) is 59.4 Å². The monoisotopic (exact) mass is 656 g/mol. The number of nitrogens with zero attached hydrogens (tertiary/aromatic N) is 2. The zero-order valence-corrected chi connectivity index (χ0v) is 27.4. The van der Waals surface area contributed by atoms with Gasteiger partial charge in [-0.1, -0.05) is 61.9 Å². The number of imidazole rings is 1. The molecule has 1 aromatic heterocycles. The molecule has 0 bridgehead atoms. The van der Waals surface area contributed by atoms with Crippen LogP contribution in [-0.2, 0) is 49.4 Å². The van der Waals surface area contributed by atoms with E-state index in [0.717, 1.165) is 53.4 Å². The van der Waals surface area contributed by atoms with Crippen LogP contribution >= 0.6 is 11.8 Å². The number of hydrogen-bond acceptors (Lipinski definition) is 12. The van der Waals surface area contributed by atoms with Gasteiger partial charge in [-0.3, -0.25) is 19.2 Å². The highest BCUT2D eigenvalue weighted by Gasteiger charge is 2.52. The van der Waals surface area contributed by atoms with Gasteiger partial charge in [0.15, 0.2) is 28.9 Å². The topological polar surface area (TPSA) is 141 Å². The highest BCUT2D eigenvalue weighted by atomic mass is 32.2. The third-order valence-corrected chi connectivity index (χ3v) is 8.23. The van der Waals surface area contributed by atoms with Gasteiger partial charge in [-0.05, 0) is 24.6 Å². The van der Waals surface area contributed by atoms with Gasteiger partial charge in [0.1, 0.15) is 18.5 Å². The summed E-state index contributed by atoms with van der Waals surface area (Å²) in [4.78, 5) is 53.3. The summed E-state index contributed by atoms with van der Waals surface area (Å²) >= 11 is 1.15. The quantitative estimate of drug-likeness (QED) is 0.133. The smallest absolute Gasteiger partial charge is 0.303 e. The van der Waals surface area contributed by atoms with Crippen molar-refractivity contribution >= 4 is 46.7 Å². The molecule has 0 amide bonds. The molecule has 12 nitrogen and oxygen atoms in total. The minimum absolute atomic E-state index is 0.311. The fourth-order valence-electron chi connectivity index (χ4n) is 5.16. The fourth-order valence-corrected chi connectivity index (χ4v) is 6.36. The molecule has 0 saturated carbocycles. The molecule has 0 N–H and O–H groups in total. The Morgan fingerprint density at radius 2 is 1.48 bits per heavy atom. The number of benzene rings is 2. The van der Waals surface area contributed by atoms with Gasteiger partial charge in [-0.25, -0.2) is 4.98 Å². The highest BCUT2D eigenvalue weighted by molar-refractivity contribution is 7.99. The molecular weight excluding hydrogens is 616 g/mol. The third-order valence-electron chi connectivity index (χ3n) is 7.10. The van der Waals surface area contributed by atoms with E-state index in [4.69, 9.17) is 33.4 Å². The molecular formula is C33H40N2O10S. The van der Waals surface area contributed by atoms with E-state index >= 15 is 0 Å². The van der Waals surface area contributed by atoms with E-state index in [0.29, 0.717) is 18.3 Å². The molecule has 248 valence electrons. The van der Waals surface area contributed by atoms with Gasteiger partial charge in [0.25, 0.3) is 0 Å². The van der Waals surface area contributed by atoms with Crippen LogP contribution in [0.15, 0.2) is 53.7 Å². The van der Waals surface area contributed by atoms with E-state index in [-0.39, 0.29) is 6.61 Å². The summed E-state index contributed by atoms with van der Waals surface area (Å²) in [6.45, 7) is 7.65. The van der Waals surface area contributed by atoms with Crippen LogP contribution in [0.5, 0.6) is 5.75 Å². The van der Waals surface area contributed by atoms with Crippen molar-refractivity contribution in [2.75, 3.05) is 13.2 Å². The van der Waals surface area contributed by atoms with Crippen LogP contribution in [-0.4, -0.2) is 76.5 Å². The first-order valence-electron chi connectivity index (χ1n) is 15.2. The number of unbranched alkanes of at least 4 members (excludes halogenated alkanes) is 2. The van der Waals surface area contributed by atoms with E-state index in [1.807, 2.05) is 53.1 Å². The molecule has 2 aromatic carbocycles. The average molecular weight is 657 g/mol. The molecule has 13 heteroatoms. The molecule has 1 fully saturated rings. The molecule has 5 atom stereocenters. The number of fused-ring (bicyclic) bond motifs is 1. The van der Waals surface area contributed by atoms with Crippen LogP contribution in [0.4, 0.5) is 0 Å².